The van der Waals surface area contributed by atoms with Crippen molar-refractivity contribution in [2.45, 2.75) is 19.4 Å². The zero-order valence-electron chi connectivity index (χ0n) is 17.4. The van der Waals surface area contributed by atoms with Gasteiger partial charge in [0, 0.05) is 44.0 Å². The second-order valence-corrected chi connectivity index (χ2v) is 8.81. The number of nitrogens with one attached hydrogen (secondary N) is 1. The van der Waals surface area contributed by atoms with Crippen molar-refractivity contribution in [2.24, 2.45) is 0 Å². The van der Waals surface area contributed by atoms with Gasteiger partial charge in [-0.25, -0.2) is 4.98 Å². The molecule has 0 aliphatic carbocycles. The second kappa shape index (κ2) is 9.02. The van der Waals surface area contributed by atoms with Crippen molar-refractivity contribution in [2.75, 3.05) is 18.8 Å². The largest absolute Gasteiger partial charge is 0.485 e. The summed E-state index contributed by atoms with van der Waals surface area (Å²) in [7, 11) is 0. The van der Waals surface area contributed by atoms with Gasteiger partial charge in [-0.15, -0.1) is 0 Å². The molecule has 2 aromatic heterocycles. The van der Waals surface area contributed by atoms with E-state index < -0.39 is 0 Å². The minimum Gasteiger partial charge on any atom is -0.485 e. The molecule has 163 valence electrons. The van der Waals surface area contributed by atoms with Crippen molar-refractivity contribution in [1.82, 2.24) is 14.9 Å². The Kier molecular flexibility index (Phi) is 5.96. The van der Waals surface area contributed by atoms with Gasteiger partial charge in [0.05, 0.1) is 6.54 Å². The lowest BCUT2D eigenvalue weighted by Crippen LogP contribution is -2.16. The lowest BCUT2D eigenvalue weighted by atomic mass is 10.1. The Morgan fingerprint density at radius 2 is 1.81 bits per heavy atom. The first-order chi connectivity index (χ1) is 15.6. The molecule has 5 rings (SSSR count). The van der Waals surface area contributed by atoms with Gasteiger partial charge in [0.15, 0.2) is 11.6 Å². The van der Waals surface area contributed by atoms with Crippen molar-refractivity contribution < 1.29 is 4.74 Å². The van der Waals surface area contributed by atoms with E-state index >= 15 is 0 Å². The topological polar surface area (TPSA) is 67.2 Å². The molecule has 0 spiro atoms. The smallest absolute Gasteiger partial charge is 0.166 e. The normalized spacial score (nSPS) is 14.3. The molecule has 5 nitrogen and oxygen atoms in total. The maximum Gasteiger partial charge on any atom is 0.166 e. The Balaban J connectivity index is 1.38. The number of hydrogen-bond acceptors (Lipinski definition) is 4. The van der Waals surface area contributed by atoms with Crippen molar-refractivity contribution in [1.29, 1.82) is 0 Å². The number of likely N-dealkylation sites (tertiary alicyclic amines) is 1. The molecule has 7 heteroatoms. The van der Waals surface area contributed by atoms with Crippen LogP contribution in [0.25, 0.3) is 22.0 Å². The number of nitrogens with zero attached hydrogens (tertiary/aromatic N) is 2. The van der Waals surface area contributed by atoms with Gasteiger partial charge in [-0.3, -0.25) is 4.90 Å². The molecule has 0 atom stereocenters. The summed E-state index contributed by atoms with van der Waals surface area (Å²) >= 11 is 12.5. The molecule has 2 aromatic carbocycles. The summed E-state index contributed by atoms with van der Waals surface area (Å²) in [5.74, 6) is 0.817. The summed E-state index contributed by atoms with van der Waals surface area (Å²) < 4.78 is 5.94. The molecule has 3 N–H and O–H groups in total. The molecule has 1 aliphatic rings. The first kappa shape index (κ1) is 21.1. The van der Waals surface area contributed by atoms with Crippen molar-refractivity contribution in [3.05, 3.63) is 82.6 Å². The number of fused-ring (bicyclic) bond motifs is 1. The number of ether oxygens (including phenoxy) is 1. The second-order valence-electron chi connectivity index (χ2n) is 8.00. The van der Waals surface area contributed by atoms with Crippen LogP contribution in [0.4, 0.5) is 5.82 Å². The fraction of sp³-hybridized carbons (Fsp3) is 0.200. The summed E-state index contributed by atoms with van der Waals surface area (Å²) in [6.07, 6.45) is 4.28. The van der Waals surface area contributed by atoms with Crippen LogP contribution < -0.4 is 10.5 Å². The lowest BCUT2D eigenvalue weighted by Gasteiger charge is -2.12. The highest BCUT2D eigenvalue weighted by molar-refractivity contribution is 6.35. The monoisotopic (exact) mass is 465 g/mol. The van der Waals surface area contributed by atoms with Gasteiger partial charge < -0.3 is 15.5 Å². The highest BCUT2D eigenvalue weighted by Gasteiger charge is 2.14. The summed E-state index contributed by atoms with van der Waals surface area (Å²) in [6, 6.07) is 15.8. The van der Waals surface area contributed by atoms with E-state index in [1.165, 1.54) is 12.8 Å². The van der Waals surface area contributed by atoms with Crippen LogP contribution in [-0.2, 0) is 6.61 Å². The zero-order chi connectivity index (χ0) is 22.1. The van der Waals surface area contributed by atoms with Gasteiger partial charge in [0.1, 0.15) is 6.61 Å². The van der Waals surface area contributed by atoms with Gasteiger partial charge >= 0.3 is 0 Å². The van der Waals surface area contributed by atoms with Crippen molar-refractivity contribution >= 4 is 39.9 Å². The number of pyridine rings is 1. The SMILES string of the molecule is Nc1ncc(-c2ccc3[nH]c([CH]N4CCCC4)cc3c2)cc1OCc1c(Cl)cccc1Cl. The average molecular weight is 466 g/mol. The molecule has 3 heterocycles. The van der Waals surface area contributed by atoms with Crippen molar-refractivity contribution in [3.63, 3.8) is 0 Å². The standard InChI is InChI=1S/C25H23Cl2N4O/c26-21-4-3-5-22(27)20(21)15-32-24-12-18(13-29-25(24)28)16-6-7-23-17(10-16)11-19(30-23)14-31-8-1-2-9-31/h3-7,10-14,30H,1-2,8-9,15H2,(H2,28,29). The highest BCUT2D eigenvalue weighted by Crippen LogP contribution is 2.32. The van der Waals surface area contributed by atoms with Crippen molar-refractivity contribution in [3.8, 4) is 16.9 Å². The summed E-state index contributed by atoms with van der Waals surface area (Å²) in [5.41, 5.74) is 11.0. The number of H-pyrrole nitrogens is 1. The quantitative estimate of drug-likeness (QED) is 0.350. The Labute approximate surface area is 197 Å². The van der Waals surface area contributed by atoms with Crippen LogP contribution in [0.1, 0.15) is 24.1 Å². The first-order valence-electron chi connectivity index (χ1n) is 10.6. The molecule has 0 bridgehead atoms. The van der Waals surface area contributed by atoms with E-state index in [9.17, 15) is 0 Å². The number of anilines is 1. The number of rotatable bonds is 6. The first-order valence-corrected chi connectivity index (χ1v) is 11.4. The third kappa shape index (κ3) is 4.42. The van der Waals surface area contributed by atoms with E-state index in [1.54, 1.807) is 24.4 Å². The summed E-state index contributed by atoms with van der Waals surface area (Å²) in [4.78, 5) is 10.2. The summed E-state index contributed by atoms with van der Waals surface area (Å²) in [6.45, 7) is 4.67. The van der Waals surface area contributed by atoms with Gasteiger partial charge in [-0.2, -0.15) is 0 Å². The molecule has 0 saturated carbocycles. The Morgan fingerprint density at radius 3 is 2.59 bits per heavy atom. The van der Waals surface area contributed by atoms with Crippen LogP contribution in [0.15, 0.2) is 54.7 Å². The maximum absolute atomic E-state index is 6.25. The maximum atomic E-state index is 6.25. The number of nitrogens with two attached hydrogens (primary N) is 1. The van der Waals surface area contributed by atoms with Crippen LogP contribution in [0, 0.1) is 6.54 Å². The van der Waals surface area contributed by atoms with Gasteiger partial charge in [0.2, 0.25) is 0 Å². The molecule has 1 saturated heterocycles. The van der Waals surface area contributed by atoms with Crippen LogP contribution >= 0.6 is 23.2 Å². The predicted octanol–water partition coefficient (Wildman–Crippen LogP) is 6.30. The number of aromatic amines is 1. The van der Waals surface area contributed by atoms with E-state index in [2.05, 4.69) is 45.7 Å². The fourth-order valence-electron chi connectivity index (χ4n) is 4.02. The number of halogens is 2. The summed E-state index contributed by atoms with van der Waals surface area (Å²) in [5, 5.41) is 2.26. The van der Waals surface area contributed by atoms with Gasteiger partial charge in [0.25, 0.3) is 0 Å². The van der Waals surface area contributed by atoms with Crippen LogP contribution in [0.5, 0.6) is 5.75 Å². The Morgan fingerprint density at radius 1 is 1.03 bits per heavy atom. The molecule has 0 amide bonds. The fourth-order valence-corrected chi connectivity index (χ4v) is 4.53. The number of hydrogen-bond donors (Lipinski definition) is 2. The molecule has 32 heavy (non-hydrogen) atoms. The van der Waals surface area contributed by atoms with E-state index in [4.69, 9.17) is 33.7 Å². The number of nitrogen functional groups attached to an aromatic ring is 1. The van der Waals surface area contributed by atoms with E-state index in [0.29, 0.717) is 21.6 Å². The van der Waals surface area contributed by atoms with Gasteiger partial charge in [-0.1, -0.05) is 35.3 Å². The van der Waals surface area contributed by atoms with Gasteiger partial charge in [-0.05, 0) is 67.9 Å². The van der Waals surface area contributed by atoms with E-state index in [0.717, 1.165) is 46.4 Å². The predicted molar refractivity (Wildman–Crippen MR) is 131 cm³/mol. The van der Waals surface area contributed by atoms with Crippen LogP contribution in [0.3, 0.4) is 0 Å². The molecular weight excluding hydrogens is 443 g/mol. The Bertz CT molecular complexity index is 1240. The zero-order valence-corrected chi connectivity index (χ0v) is 19.0. The third-order valence-electron chi connectivity index (χ3n) is 5.75. The minimum atomic E-state index is 0.209. The minimum absolute atomic E-state index is 0.209. The third-order valence-corrected chi connectivity index (χ3v) is 6.46. The Hall–Kier alpha value is -2.73. The molecule has 4 aromatic rings. The van der Waals surface area contributed by atoms with Crippen LogP contribution in [0.2, 0.25) is 10.0 Å². The molecule has 0 unspecified atom stereocenters. The van der Waals surface area contributed by atoms with Crippen LogP contribution in [-0.4, -0.2) is 28.0 Å². The average Bonchev–Trinajstić information content (AvgIpc) is 3.43. The highest BCUT2D eigenvalue weighted by atomic mass is 35.5. The molecule has 1 fully saturated rings. The molecule has 1 aliphatic heterocycles. The van der Waals surface area contributed by atoms with E-state index in [-0.39, 0.29) is 6.61 Å². The number of benzene rings is 2. The van der Waals surface area contributed by atoms with E-state index in [1.807, 2.05) is 6.07 Å². The number of aromatic nitrogens is 2. The lowest BCUT2D eigenvalue weighted by molar-refractivity contribution is 0.307. The molecule has 1 radical (unpaired) electrons. The molecular formula is C25H23Cl2N4O.